The van der Waals surface area contributed by atoms with Gasteiger partial charge in [0.1, 0.15) is 11.6 Å². The van der Waals surface area contributed by atoms with E-state index in [4.69, 9.17) is 14.2 Å². The molecule has 1 aliphatic rings. The monoisotopic (exact) mass is 407 g/mol. The summed E-state index contributed by atoms with van der Waals surface area (Å²) in [5.74, 6) is 0.687. The minimum absolute atomic E-state index is 0.00142. The molecule has 2 aromatic carbocycles. The Morgan fingerprint density at radius 2 is 1.93 bits per heavy atom. The third kappa shape index (κ3) is 5.31. The Morgan fingerprint density at radius 1 is 1.20 bits per heavy atom. The lowest BCUT2D eigenvalue weighted by molar-refractivity contribution is -0.112. The van der Waals surface area contributed by atoms with E-state index in [1.807, 2.05) is 37.3 Å². The summed E-state index contributed by atoms with van der Waals surface area (Å²) >= 11 is 0. The molecule has 0 aliphatic carbocycles. The van der Waals surface area contributed by atoms with Crippen LogP contribution in [0, 0.1) is 11.3 Å². The van der Waals surface area contributed by atoms with Gasteiger partial charge < -0.3 is 24.4 Å². The second kappa shape index (κ2) is 10.3. The highest BCUT2D eigenvalue weighted by atomic mass is 16.5. The molecule has 7 nitrogen and oxygen atoms in total. The van der Waals surface area contributed by atoms with Gasteiger partial charge in [0.2, 0.25) is 0 Å². The van der Waals surface area contributed by atoms with Gasteiger partial charge >= 0.3 is 0 Å². The number of nitriles is 1. The van der Waals surface area contributed by atoms with Crippen molar-refractivity contribution in [1.82, 2.24) is 0 Å². The molecule has 1 fully saturated rings. The fraction of sp³-hybridized carbons (Fsp3) is 0.304. The second-order valence-electron chi connectivity index (χ2n) is 6.61. The Kier molecular flexibility index (Phi) is 7.30. The van der Waals surface area contributed by atoms with Gasteiger partial charge in [-0.25, -0.2) is 0 Å². The number of morpholine rings is 1. The van der Waals surface area contributed by atoms with E-state index in [0.29, 0.717) is 42.6 Å². The summed E-state index contributed by atoms with van der Waals surface area (Å²) in [6, 6.07) is 14.8. The van der Waals surface area contributed by atoms with Crippen LogP contribution in [0.15, 0.2) is 48.0 Å². The molecule has 0 spiro atoms. The van der Waals surface area contributed by atoms with Crippen LogP contribution in [0.3, 0.4) is 0 Å². The first kappa shape index (κ1) is 21.2. The molecular weight excluding hydrogens is 382 g/mol. The number of nitrogens with zero attached hydrogens (tertiary/aromatic N) is 2. The molecule has 2 aromatic rings. The van der Waals surface area contributed by atoms with Crippen LogP contribution in [0.5, 0.6) is 11.5 Å². The molecular formula is C23H25N3O4. The molecule has 0 atom stereocenters. The number of carbonyl (C=O) groups excluding carboxylic acids is 1. The van der Waals surface area contributed by atoms with Crippen LogP contribution in [0.25, 0.3) is 6.08 Å². The lowest BCUT2D eigenvalue weighted by Crippen LogP contribution is -2.36. The smallest absolute Gasteiger partial charge is 0.266 e. The molecule has 3 rings (SSSR count). The molecule has 0 bridgehead atoms. The SMILES string of the molecule is CCOc1ccc(/C=C(\C#N)C(=O)Nc2ccc(N3CCOCC3)cc2)cc1OC. The predicted octanol–water partition coefficient (Wildman–Crippen LogP) is 3.48. The van der Waals surface area contributed by atoms with Crippen molar-refractivity contribution in [3.8, 4) is 17.6 Å². The molecule has 1 heterocycles. The quantitative estimate of drug-likeness (QED) is 0.559. The van der Waals surface area contributed by atoms with Crippen molar-refractivity contribution in [2.24, 2.45) is 0 Å². The molecule has 1 N–H and O–H groups in total. The van der Waals surface area contributed by atoms with Gasteiger partial charge in [-0.2, -0.15) is 5.26 Å². The van der Waals surface area contributed by atoms with E-state index in [9.17, 15) is 10.1 Å². The van der Waals surface area contributed by atoms with Crippen molar-refractivity contribution in [1.29, 1.82) is 5.26 Å². The van der Waals surface area contributed by atoms with E-state index in [1.165, 1.54) is 6.08 Å². The van der Waals surface area contributed by atoms with Gasteiger partial charge in [-0.3, -0.25) is 4.79 Å². The normalized spacial score (nSPS) is 14.0. The lowest BCUT2D eigenvalue weighted by atomic mass is 10.1. The first-order chi connectivity index (χ1) is 14.6. The molecule has 1 saturated heterocycles. The summed E-state index contributed by atoms with van der Waals surface area (Å²) in [7, 11) is 1.55. The molecule has 30 heavy (non-hydrogen) atoms. The van der Waals surface area contributed by atoms with Crippen molar-refractivity contribution in [2.75, 3.05) is 50.2 Å². The first-order valence-electron chi connectivity index (χ1n) is 9.81. The minimum Gasteiger partial charge on any atom is -0.493 e. The Bertz CT molecular complexity index is 942. The zero-order valence-electron chi connectivity index (χ0n) is 17.2. The molecule has 0 radical (unpaired) electrons. The third-order valence-corrected chi connectivity index (χ3v) is 4.67. The summed E-state index contributed by atoms with van der Waals surface area (Å²) in [5.41, 5.74) is 2.37. The fourth-order valence-corrected chi connectivity index (χ4v) is 3.14. The molecule has 1 aliphatic heterocycles. The van der Waals surface area contributed by atoms with Gasteiger partial charge in [0, 0.05) is 24.5 Å². The van der Waals surface area contributed by atoms with Crippen molar-refractivity contribution >= 4 is 23.4 Å². The van der Waals surface area contributed by atoms with Gasteiger partial charge in [0.05, 0.1) is 26.9 Å². The van der Waals surface area contributed by atoms with Crippen molar-refractivity contribution < 1.29 is 19.0 Å². The Balaban J connectivity index is 1.71. The zero-order chi connectivity index (χ0) is 21.3. The predicted molar refractivity (Wildman–Crippen MR) is 116 cm³/mol. The first-order valence-corrected chi connectivity index (χ1v) is 9.81. The van der Waals surface area contributed by atoms with Gasteiger partial charge in [0.25, 0.3) is 5.91 Å². The van der Waals surface area contributed by atoms with Crippen LogP contribution in [0.4, 0.5) is 11.4 Å². The van der Waals surface area contributed by atoms with Crippen LogP contribution in [0.1, 0.15) is 12.5 Å². The maximum Gasteiger partial charge on any atom is 0.266 e. The largest absolute Gasteiger partial charge is 0.493 e. The number of amides is 1. The number of hydrogen-bond acceptors (Lipinski definition) is 6. The van der Waals surface area contributed by atoms with E-state index in [0.717, 1.165) is 18.8 Å². The number of rotatable bonds is 7. The van der Waals surface area contributed by atoms with E-state index >= 15 is 0 Å². The summed E-state index contributed by atoms with van der Waals surface area (Å²) in [6.07, 6.45) is 1.52. The van der Waals surface area contributed by atoms with Gasteiger partial charge in [-0.05, 0) is 55.0 Å². The van der Waals surface area contributed by atoms with Crippen LogP contribution >= 0.6 is 0 Å². The van der Waals surface area contributed by atoms with Gasteiger partial charge in [-0.1, -0.05) is 6.07 Å². The number of benzene rings is 2. The number of hydrogen-bond donors (Lipinski definition) is 1. The van der Waals surface area contributed by atoms with Crippen molar-refractivity contribution in [3.63, 3.8) is 0 Å². The average Bonchev–Trinajstić information content (AvgIpc) is 2.79. The van der Waals surface area contributed by atoms with E-state index in [1.54, 1.807) is 25.3 Å². The van der Waals surface area contributed by atoms with Crippen molar-refractivity contribution in [2.45, 2.75) is 6.92 Å². The van der Waals surface area contributed by atoms with Crippen LogP contribution in [-0.4, -0.2) is 45.9 Å². The highest BCUT2D eigenvalue weighted by Crippen LogP contribution is 2.29. The van der Waals surface area contributed by atoms with Crippen LogP contribution < -0.4 is 19.7 Å². The highest BCUT2D eigenvalue weighted by Gasteiger charge is 2.13. The number of carbonyl (C=O) groups is 1. The summed E-state index contributed by atoms with van der Waals surface area (Å²) in [6.45, 7) is 5.52. The summed E-state index contributed by atoms with van der Waals surface area (Å²) in [5, 5.41) is 12.2. The Hall–Kier alpha value is -3.50. The average molecular weight is 407 g/mol. The molecule has 7 heteroatoms. The molecule has 1 amide bonds. The second-order valence-corrected chi connectivity index (χ2v) is 6.61. The molecule has 0 saturated carbocycles. The van der Waals surface area contributed by atoms with E-state index in [-0.39, 0.29) is 5.57 Å². The van der Waals surface area contributed by atoms with Gasteiger partial charge in [-0.15, -0.1) is 0 Å². The minimum atomic E-state index is -0.468. The lowest BCUT2D eigenvalue weighted by Gasteiger charge is -2.28. The van der Waals surface area contributed by atoms with Crippen molar-refractivity contribution in [3.05, 3.63) is 53.6 Å². The summed E-state index contributed by atoms with van der Waals surface area (Å²) < 4.78 is 16.2. The standard InChI is InChI=1S/C23H25N3O4/c1-3-30-21-9-4-17(15-22(21)28-2)14-18(16-24)23(27)25-19-5-7-20(8-6-19)26-10-12-29-13-11-26/h4-9,14-15H,3,10-13H2,1-2H3,(H,25,27)/b18-14+. The molecule has 156 valence electrons. The number of anilines is 2. The van der Waals surface area contributed by atoms with Crippen LogP contribution in [0.2, 0.25) is 0 Å². The maximum absolute atomic E-state index is 12.6. The van der Waals surface area contributed by atoms with E-state index < -0.39 is 5.91 Å². The zero-order valence-corrected chi connectivity index (χ0v) is 17.2. The number of ether oxygens (including phenoxy) is 3. The number of methoxy groups -OCH3 is 1. The summed E-state index contributed by atoms with van der Waals surface area (Å²) in [4.78, 5) is 14.8. The van der Waals surface area contributed by atoms with E-state index in [2.05, 4.69) is 10.2 Å². The molecule has 0 aromatic heterocycles. The fourth-order valence-electron chi connectivity index (χ4n) is 3.14. The highest BCUT2D eigenvalue weighted by molar-refractivity contribution is 6.09. The van der Waals surface area contributed by atoms with Gasteiger partial charge in [0.15, 0.2) is 11.5 Å². The maximum atomic E-state index is 12.6. The molecule has 0 unspecified atom stereocenters. The third-order valence-electron chi connectivity index (χ3n) is 4.67. The Labute approximate surface area is 176 Å². The Morgan fingerprint density at radius 3 is 2.57 bits per heavy atom. The van der Waals surface area contributed by atoms with Crippen LogP contribution in [-0.2, 0) is 9.53 Å². The number of nitrogens with one attached hydrogen (secondary N) is 1. The topological polar surface area (TPSA) is 83.8 Å².